The fourth-order valence-corrected chi connectivity index (χ4v) is 13.9. The Morgan fingerprint density at radius 2 is 0.475 bits per heavy atom. The Balaban J connectivity index is 0.000000161. The lowest BCUT2D eigenvalue weighted by atomic mass is 10.4. The van der Waals surface area contributed by atoms with Crippen LogP contribution >= 0.6 is 44.8 Å². The smallest absolute Gasteiger partial charge is 0.0620 e. The van der Waals surface area contributed by atoms with Crippen LogP contribution in [0.25, 0.3) is 0 Å². The third kappa shape index (κ3) is 6.24. The van der Waals surface area contributed by atoms with Crippen molar-refractivity contribution in [2.24, 2.45) is 0 Å². The van der Waals surface area contributed by atoms with Crippen molar-refractivity contribution in [1.29, 1.82) is 0 Å². The first-order chi connectivity index (χ1) is 19.6. The van der Waals surface area contributed by atoms with E-state index in [2.05, 4.69) is 186 Å². The zero-order valence-electron chi connectivity index (χ0n) is 22.0. The van der Waals surface area contributed by atoms with E-state index in [4.69, 9.17) is 11.2 Å². The summed E-state index contributed by atoms with van der Waals surface area (Å²) in [6.07, 6.45) is 0. The third-order valence-corrected chi connectivity index (χ3v) is 19.5. The van der Waals surface area contributed by atoms with E-state index in [1.54, 1.807) is 0 Å². The molecule has 0 aromatic heterocycles. The van der Waals surface area contributed by atoms with Gasteiger partial charge in [-0.15, -0.1) is 0 Å². The molecule has 0 aliphatic rings. The first kappa shape index (κ1) is 28.7. The van der Waals surface area contributed by atoms with E-state index in [0.29, 0.717) is 0 Å². The quantitative estimate of drug-likeness (QED) is 0.122. The van der Waals surface area contributed by atoms with Gasteiger partial charge in [-0.2, -0.15) is 0 Å². The fraction of sp³-hybridized carbons (Fsp3) is 0. The average Bonchev–Trinajstić information content (AvgIpc) is 3.07. The van der Waals surface area contributed by atoms with Crippen molar-refractivity contribution in [3.63, 3.8) is 0 Å². The fourth-order valence-electron chi connectivity index (χ4n) is 4.69. The number of hydrogen-bond acceptors (Lipinski definition) is 0. The number of halogens is 2. The standard InChI is InChI=1S/C18H15ClP.C18H15IP/c2*19-20(16-10-4-1-5-11-16,17-12-6-2-7-13-17)18-14-8-3-9-15-18/h2*1-15H/q2*+1. The predicted molar refractivity (Wildman–Crippen MR) is 190 cm³/mol. The van der Waals surface area contributed by atoms with Gasteiger partial charge in [-0.3, -0.25) is 0 Å². The molecule has 0 nitrogen and oxygen atoms in total. The molecule has 6 rings (SSSR count). The lowest BCUT2D eigenvalue weighted by Gasteiger charge is -2.19. The van der Waals surface area contributed by atoms with E-state index < -0.39 is 11.5 Å². The molecule has 0 radical (unpaired) electrons. The van der Waals surface area contributed by atoms with Gasteiger partial charge in [-0.25, -0.2) is 0 Å². The maximum absolute atomic E-state index is 7.23. The second-order valence-corrected chi connectivity index (χ2v) is 20.5. The molecule has 0 aliphatic heterocycles. The minimum Gasteiger partial charge on any atom is -0.0620 e. The Labute approximate surface area is 257 Å². The summed E-state index contributed by atoms with van der Waals surface area (Å²) in [5.41, 5.74) is 0. The van der Waals surface area contributed by atoms with Crippen LogP contribution in [0.2, 0.25) is 0 Å². The Kier molecular flexibility index (Phi) is 9.84. The largest absolute Gasteiger partial charge is 0.210 e. The summed E-state index contributed by atoms with van der Waals surface area (Å²) < 4.78 is 0. The topological polar surface area (TPSA) is 0 Å². The van der Waals surface area contributed by atoms with Crippen LogP contribution in [0.15, 0.2) is 182 Å². The van der Waals surface area contributed by atoms with Crippen LogP contribution in [0.4, 0.5) is 0 Å². The molecule has 0 amide bonds. The molecule has 0 spiro atoms. The molecule has 0 atom stereocenters. The number of rotatable bonds is 6. The van der Waals surface area contributed by atoms with Crippen LogP contribution in [-0.4, -0.2) is 0 Å². The van der Waals surface area contributed by atoms with E-state index in [-0.39, 0.29) is 0 Å². The van der Waals surface area contributed by atoms with Gasteiger partial charge in [0.15, 0.2) is 26.9 Å². The van der Waals surface area contributed by atoms with Gasteiger partial charge < -0.3 is 0 Å². The molecule has 0 fully saturated rings. The first-order valence-electron chi connectivity index (χ1n) is 13.1. The van der Waals surface area contributed by atoms with Gasteiger partial charge in [-0.1, -0.05) is 109 Å². The molecule has 4 heteroatoms. The summed E-state index contributed by atoms with van der Waals surface area (Å²) in [7, 11) is 0. The highest BCUT2D eigenvalue weighted by Crippen LogP contribution is 2.63. The van der Waals surface area contributed by atoms with Crippen LogP contribution in [0, 0.1) is 0 Å². The van der Waals surface area contributed by atoms with Crippen LogP contribution in [0.1, 0.15) is 0 Å². The molecular formula is C36H30ClIP2+2. The maximum Gasteiger partial charge on any atom is 0.210 e. The zero-order valence-corrected chi connectivity index (χ0v) is 26.7. The van der Waals surface area contributed by atoms with Gasteiger partial charge in [0.25, 0.3) is 0 Å². The van der Waals surface area contributed by atoms with E-state index >= 15 is 0 Å². The molecule has 0 heterocycles. The van der Waals surface area contributed by atoms with Crippen molar-refractivity contribution in [2.75, 3.05) is 0 Å². The molecular weight excluding hydrogens is 657 g/mol. The third-order valence-electron chi connectivity index (χ3n) is 6.67. The predicted octanol–water partition coefficient (Wildman–Crippen LogP) is 8.46. The summed E-state index contributed by atoms with van der Waals surface area (Å²) >= 11 is 9.91. The molecule has 0 saturated carbocycles. The second-order valence-electron chi connectivity index (χ2n) is 9.19. The van der Waals surface area contributed by atoms with Crippen molar-refractivity contribution in [1.82, 2.24) is 0 Å². The highest BCUT2D eigenvalue weighted by Gasteiger charge is 2.44. The van der Waals surface area contributed by atoms with Gasteiger partial charge in [0.2, 0.25) is 6.62 Å². The van der Waals surface area contributed by atoms with Gasteiger partial charge in [0.05, 0.1) is 0 Å². The SMILES string of the molecule is Cl[P+](c1ccccc1)(c1ccccc1)c1ccccc1.I[P+](c1ccccc1)(c1ccccc1)c1ccccc1. The van der Waals surface area contributed by atoms with Gasteiger partial charge in [-0.05, 0) is 72.8 Å². The molecule has 0 unspecified atom stereocenters. The van der Waals surface area contributed by atoms with E-state index in [9.17, 15) is 0 Å². The monoisotopic (exact) mass is 686 g/mol. The maximum atomic E-state index is 7.23. The number of hydrogen-bond donors (Lipinski definition) is 0. The second kappa shape index (κ2) is 13.7. The van der Waals surface area contributed by atoms with E-state index in [1.165, 1.54) is 31.8 Å². The Hall–Kier alpha value is -2.80. The lowest BCUT2D eigenvalue weighted by Crippen LogP contribution is -2.26. The molecule has 0 bridgehead atoms. The van der Waals surface area contributed by atoms with Gasteiger partial charge in [0.1, 0.15) is 43.1 Å². The summed E-state index contributed by atoms with van der Waals surface area (Å²) in [6, 6.07) is 63.7. The Morgan fingerprint density at radius 3 is 0.675 bits per heavy atom. The Bertz CT molecular complexity index is 1260. The molecule has 196 valence electrons. The molecule has 0 N–H and O–H groups in total. The van der Waals surface area contributed by atoms with Crippen molar-refractivity contribution >= 4 is 76.6 Å². The van der Waals surface area contributed by atoms with Crippen molar-refractivity contribution in [3.8, 4) is 0 Å². The summed E-state index contributed by atoms with van der Waals surface area (Å²) in [5, 5.41) is 7.83. The number of benzene rings is 6. The van der Waals surface area contributed by atoms with Crippen LogP contribution in [0.5, 0.6) is 0 Å². The summed E-state index contributed by atoms with van der Waals surface area (Å²) in [6.45, 7) is -2.05. The van der Waals surface area contributed by atoms with Crippen molar-refractivity contribution in [3.05, 3.63) is 182 Å². The molecule has 40 heavy (non-hydrogen) atoms. The van der Waals surface area contributed by atoms with E-state index in [0.717, 1.165) is 0 Å². The van der Waals surface area contributed by atoms with Gasteiger partial charge >= 0.3 is 0 Å². The minimum atomic E-state index is -2.05. The summed E-state index contributed by atoms with van der Waals surface area (Å²) in [4.78, 5) is -1.56. The molecule has 6 aromatic carbocycles. The first-order valence-corrected chi connectivity index (χ1v) is 20.4. The lowest BCUT2D eigenvalue weighted by molar-refractivity contribution is 1.73. The molecule has 0 saturated heterocycles. The van der Waals surface area contributed by atoms with E-state index in [1.807, 2.05) is 18.2 Å². The summed E-state index contributed by atoms with van der Waals surface area (Å²) in [5.74, 6) is 0. The van der Waals surface area contributed by atoms with Crippen molar-refractivity contribution in [2.45, 2.75) is 0 Å². The molecule has 6 aromatic rings. The Morgan fingerprint density at radius 1 is 0.300 bits per heavy atom. The van der Waals surface area contributed by atoms with Crippen LogP contribution < -0.4 is 31.8 Å². The highest BCUT2D eigenvalue weighted by atomic mass is 127. The van der Waals surface area contributed by atoms with Crippen LogP contribution in [-0.2, 0) is 0 Å². The highest BCUT2D eigenvalue weighted by molar-refractivity contribution is 14.2. The van der Waals surface area contributed by atoms with Gasteiger partial charge in [0, 0.05) is 0 Å². The van der Waals surface area contributed by atoms with Crippen LogP contribution in [0.3, 0.4) is 0 Å². The zero-order chi connectivity index (χ0) is 27.7. The molecule has 0 aliphatic carbocycles. The average molecular weight is 687 g/mol. The minimum absolute atomic E-state index is 1.19. The normalized spacial score (nSPS) is 11.2. The van der Waals surface area contributed by atoms with Crippen molar-refractivity contribution < 1.29 is 0 Å².